The van der Waals surface area contributed by atoms with Gasteiger partial charge in [-0.1, -0.05) is 29.0 Å². The Hall–Kier alpha value is 0.344. The standard InChI is InChI=1S/C13H9ClF3INO.Y/c14-9-5-7(15)1-2-8(9)11-4-3-10(18)13(20)19(11)6-12(16)17;/h1-2,5,10,12H,3,6H2;/q-1;. The van der Waals surface area contributed by atoms with Crippen LogP contribution < -0.4 is 0 Å². The summed E-state index contributed by atoms with van der Waals surface area (Å²) in [6.45, 7) is -0.728. The van der Waals surface area contributed by atoms with Gasteiger partial charge in [0.05, 0.1) is 10.5 Å². The average molecular weight is 503 g/mol. The van der Waals surface area contributed by atoms with Gasteiger partial charge in [0.2, 0.25) is 5.91 Å². The topological polar surface area (TPSA) is 20.3 Å². The first kappa shape index (κ1) is 19.4. The van der Waals surface area contributed by atoms with Crippen molar-refractivity contribution >= 4 is 45.8 Å². The van der Waals surface area contributed by atoms with E-state index < -0.39 is 28.6 Å². The number of nitrogens with zero attached hydrogens (tertiary/aromatic N) is 1. The molecule has 8 heteroatoms. The van der Waals surface area contributed by atoms with Gasteiger partial charge in [-0.25, -0.2) is 19.2 Å². The number of carbonyl (C=O) groups is 1. The molecule has 0 bridgehead atoms. The third kappa shape index (κ3) is 4.66. The normalized spacial score (nSPS) is 18.6. The summed E-state index contributed by atoms with van der Waals surface area (Å²) in [6.07, 6.45) is 0.543. The maximum atomic E-state index is 13.0. The number of allylic oxidation sites excluding steroid dienone is 1. The minimum absolute atomic E-state index is 0. The molecule has 111 valence electrons. The molecular weight excluding hydrogens is 494 g/mol. The summed E-state index contributed by atoms with van der Waals surface area (Å²) in [5.41, 5.74) is 0.513. The number of alkyl halides is 3. The summed E-state index contributed by atoms with van der Waals surface area (Å²) >= 11 is 7.80. The van der Waals surface area contributed by atoms with E-state index in [9.17, 15) is 18.0 Å². The van der Waals surface area contributed by atoms with E-state index in [1.807, 2.05) is 22.6 Å². The molecule has 1 radical (unpaired) electrons. The van der Waals surface area contributed by atoms with Crippen LogP contribution in [0.3, 0.4) is 0 Å². The van der Waals surface area contributed by atoms with Crippen LogP contribution in [0.15, 0.2) is 18.2 Å². The van der Waals surface area contributed by atoms with Crippen LogP contribution in [0.1, 0.15) is 12.0 Å². The van der Waals surface area contributed by atoms with Gasteiger partial charge in [-0.3, -0.25) is 4.79 Å². The van der Waals surface area contributed by atoms with Crippen LogP contribution in [0.5, 0.6) is 0 Å². The molecule has 1 aromatic carbocycles. The third-order valence-corrected chi connectivity index (χ3v) is 4.05. The quantitative estimate of drug-likeness (QED) is 0.348. The smallest absolute Gasteiger partial charge is 0.256 e. The molecular formula is C13H9ClF3INOY-. The van der Waals surface area contributed by atoms with E-state index in [-0.39, 0.29) is 43.4 Å². The average Bonchev–Trinajstić information content (AvgIpc) is 2.36. The fraction of sp³-hybridized carbons (Fsp3) is 0.308. The molecule has 21 heavy (non-hydrogen) atoms. The van der Waals surface area contributed by atoms with E-state index in [2.05, 4.69) is 6.08 Å². The second kappa shape index (κ2) is 8.27. The summed E-state index contributed by atoms with van der Waals surface area (Å²) in [4.78, 5) is 13.0. The summed E-state index contributed by atoms with van der Waals surface area (Å²) in [6, 6.07) is 3.60. The van der Waals surface area contributed by atoms with Crippen molar-refractivity contribution in [1.29, 1.82) is 0 Å². The number of carbonyl (C=O) groups excluding carboxylic acids is 1. The van der Waals surface area contributed by atoms with Gasteiger partial charge in [0, 0.05) is 32.7 Å². The van der Waals surface area contributed by atoms with Crippen LogP contribution in [-0.4, -0.2) is 27.7 Å². The van der Waals surface area contributed by atoms with Crippen LogP contribution in [-0.2, 0) is 37.5 Å². The first-order valence-electron chi connectivity index (χ1n) is 5.70. The Morgan fingerprint density at radius 2 is 2.14 bits per heavy atom. The van der Waals surface area contributed by atoms with Crippen molar-refractivity contribution < 1.29 is 50.7 Å². The molecule has 2 nitrogen and oxygen atoms in total. The molecule has 0 saturated carbocycles. The van der Waals surface area contributed by atoms with Crippen molar-refractivity contribution in [2.45, 2.75) is 16.8 Å². The predicted octanol–water partition coefficient (Wildman–Crippen LogP) is 3.92. The fourth-order valence-electron chi connectivity index (χ4n) is 1.89. The molecule has 0 spiro atoms. The van der Waals surface area contributed by atoms with Gasteiger partial charge in [-0.15, -0.1) is 28.9 Å². The van der Waals surface area contributed by atoms with Crippen molar-refractivity contribution in [2.75, 3.05) is 6.54 Å². The van der Waals surface area contributed by atoms with Crippen LogP contribution in [0.25, 0.3) is 5.70 Å². The molecule has 0 aliphatic carbocycles. The van der Waals surface area contributed by atoms with Crippen LogP contribution in [0.2, 0.25) is 5.02 Å². The Kier molecular flexibility index (Phi) is 7.63. The Bertz CT molecular complexity index is 570. The Morgan fingerprint density at radius 3 is 2.71 bits per heavy atom. The first-order chi connectivity index (χ1) is 9.40. The number of halogens is 5. The number of hydrogen-bond donors (Lipinski definition) is 0. The molecule has 0 N–H and O–H groups in total. The number of benzene rings is 1. The molecule has 1 aromatic rings. The molecule has 2 rings (SSSR count). The van der Waals surface area contributed by atoms with Crippen molar-refractivity contribution in [2.24, 2.45) is 0 Å². The zero-order valence-corrected chi connectivity index (χ0v) is 16.4. The molecule has 1 heterocycles. The Morgan fingerprint density at radius 1 is 1.48 bits per heavy atom. The van der Waals surface area contributed by atoms with Crippen LogP contribution in [0, 0.1) is 11.9 Å². The maximum Gasteiger partial charge on any atom is 0.256 e. The Labute approximate surface area is 164 Å². The van der Waals surface area contributed by atoms with Crippen LogP contribution >= 0.6 is 34.2 Å². The van der Waals surface area contributed by atoms with Crippen molar-refractivity contribution in [3.63, 3.8) is 0 Å². The number of rotatable bonds is 3. The van der Waals surface area contributed by atoms with E-state index in [0.717, 1.165) is 17.0 Å². The van der Waals surface area contributed by atoms with Gasteiger partial charge >= 0.3 is 0 Å². The van der Waals surface area contributed by atoms with E-state index >= 15 is 0 Å². The molecule has 0 fully saturated rings. The van der Waals surface area contributed by atoms with Crippen molar-refractivity contribution in [3.8, 4) is 0 Å². The zero-order valence-electron chi connectivity index (χ0n) is 10.6. The molecule has 1 unspecified atom stereocenters. The van der Waals surface area contributed by atoms with E-state index in [1.54, 1.807) is 0 Å². The van der Waals surface area contributed by atoms with E-state index in [4.69, 9.17) is 11.6 Å². The molecule has 1 amide bonds. The van der Waals surface area contributed by atoms with Gasteiger partial charge in [-0.2, -0.15) is 0 Å². The number of amides is 1. The van der Waals surface area contributed by atoms with E-state index in [0.29, 0.717) is 12.0 Å². The summed E-state index contributed by atoms with van der Waals surface area (Å²) in [7, 11) is 0. The molecule has 1 aliphatic heterocycles. The van der Waals surface area contributed by atoms with Crippen molar-refractivity contribution in [3.05, 3.63) is 40.7 Å². The summed E-state index contributed by atoms with van der Waals surface area (Å²) < 4.78 is 37.9. The van der Waals surface area contributed by atoms with E-state index in [1.165, 1.54) is 6.07 Å². The minimum Gasteiger partial charge on any atom is -0.341 e. The maximum absolute atomic E-state index is 13.0. The fourth-order valence-corrected chi connectivity index (χ4v) is 2.70. The predicted molar refractivity (Wildman–Crippen MR) is 78.2 cm³/mol. The SMILES string of the molecule is O=C1C(I)C[C-]=C(c2ccc(F)cc2Cl)N1CC(F)F.[Y]. The van der Waals surface area contributed by atoms with Gasteiger partial charge in [0.25, 0.3) is 6.43 Å². The van der Waals surface area contributed by atoms with Crippen molar-refractivity contribution in [1.82, 2.24) is 4.90 Å². The summed E-state index contributed by atoms with van der Waals surface area (Å²) in [5, 5.41) is 0.0616. The number of hydrogen-bond acceptors (Lipinski definition) is 1. The van der Waals surface area contributed by atoms with Gasteiger partial charge < -0.3 is 4.90 Å². The van der Waals surface area contributed by atoms with Crippen LogP contribution in [0.4, 0.5) is 13.2 Å². The molecule has 1 atom stereocenters. The Balaban J connectivity index is 0.00000220. The zero-order chi connectivity index (χ0) is 14.9. The molecule has 0 saturated heterocycles. The van der Waals surface area contributed by atoms with Gasteiger partial charge in [0.1, 0.15) is 5.82 Å². The second-order valence-corrected chi connectivity index (χ2v) is 6.07. The minimum atomic E-state index is -2.67. The van der Waals surface area contributed by atoms with Gasteiger partial charge in [-0.05, 0) is 17.2 Å². The summed E-state index contributed by atoms with van der Waals surface area (Å²) in [5.74, 6) is -0.950. The van der Waals surface area contributed by atoms with Gasteiger partial charge in [0.15, 0.2) is 0 Å². The first-order valence-corrected chi connectivity index (χ1v) is 7.32. The second-order valence-electron chi connectivity index (χ2n) is 4.16. The molecule has 0 aromatic heterocycles. The largest absolute Gasteiger partial charge is 0.341 e. The third-order valence-electron chi connectivity index (χ3n) is 2.76. The molecule has 1 aliphatic rings. The monoisotopic (exact) mass is 503 g/mol.